The minimum absolute atomic E-state index is 0. The molecule has 0 saturated heterocycles. The molecule has 0 aliphatic rings. The molecule has 0 unspecified atom stereocenters. The third kappa shape index (κ3) is 11.5. The summed E-state index contributed by atoms with van der Waals surface area (Å²) in [6.45, 7) is 1.89. The molecule has 0 aromatic heterocycles. The monoisotopic (exact) mass is 203 g/mol. The van der Waals surface area contributed by atoms with Crippen LogP contribution < -0.4 is 9.79 Å². The maximum absolute atomic E-state index is 9.76. The molecule has 59 valence electrons. The average Bonchev–Trinajstić information content (AvgIpc) is 1.63. The Balaban J connectivity index is 0. The van der Waals surface area contributed by atoms with Gasteiger partial charge < -0.3 is 18.9 Å². The van der Waals surface area contributed by atoms with Crippen molar-refractivity contribution in [1.82, 2.24) is 0 Å². The fourth-order valence-corrected chi connectivity index (χ4v) is 0.673. The summed E-state index contributed by atoms with van der Waals surface area (Å²) >= 11 is 0. The Morgan fingerprint density at radius 1 is 1.50 bits per heavy atom. The van der Waals surface area contributed by atoms with Gasteiger partial charge in [0.15, 0.2) is 0 Å². The zero-order valence-corrected chi connectivity index (χ0v) is 7.94. The molecule has 0 aromatic carbocycles. The summed E-state index contributed by atoms with van der Waals surface area (Å²) in [6, 6.07) is 0. The van der Waals surface area contributed by atoms with Gasteiger partial charge in [-0.15, -0.1) is 0 Å². The Morgan fingerprint density at radius 2 is 2.00 bits per heavy atom. The van der Waals surface area contributed by atoms with Crippen LogP contribution in [0.1, 0.15) is 19.8 Å². The number of phosphoric ester groups is 1. The summed E-state index contributed by atoms with van der Waals surface area (Å²) in [7, 11) is -4.70. The van der Waals surface area contributed by atoms with Crippen LogP contribution in [0.3, 0.4) is 0 Å². The molecule has 0 fully saturated rings. The molecular weight excluding hydrogens is 194 g/mol. The first-order valence-electron chi connectivity index (χ1n) is 2.73. The van der Waals surface area contributed by atoms with Gasteiger partial charge in [0.05, 0.1) is 14.4 Å². The Hall–Kier alpha value is 0.694. The molecule has 1 radical (unpaired) electrons. The molecule has 0 N–H and O–H groups in total. The first-order valence-corrected chi connectivity index (χ1v) is 4.19. The second-order valence-electron chi connectivity index (χ2n) is 1.63. The summed E-state index contributed by atoms with van der Waals surface area (Å²) < 4.78 is 13.7. The summed E-state index contributed by atoms with van der Waals surface area (Å²) in [5.74, 6) is 0. The van der Waals surface area contributed by atoms with Crippen LogP contribution in [0, 0.1) is 0 Å². The van der Waals surface area contributed by atoms with Crippen molar-refractivity contribution in [1.29, 1.82) is 0 Å². The van der Waals surface area contributed by atoms with Crippen LogP contribution in [-0.2, 0) is 27.6 Å². The zero-order valence-electron chi connectivity index (χ0n) is 5.65. The predicted octanol–water partition coefficient (Wildman–Crippen LogP) is -0.371. The van der Waals surface area contributed by atoms with E-state index in [4.69, 9.17) is 0 Å². The number of hydrogen-bond acceptors (Lipinski definition) is 4. The summed E-state index contributed by atoms with van der Waals surface area (Å²) in [5, 5.41) is 0. The fourth-order valence-electron chi connectivity index (χ4n) is 0.321. The molecule has 0 atom stereocenters. The summed E-state index contributed by atoms with van der Waals surface area (Å²) in [4.78, 5) is 19.5. The third-order valence-electron chi connectivity index (χ3n) is 0.747. The molecule has 6 heteroatoms. The van der Waals surface area contributed by atoms with Gasteiger partial charge in [0, 0.05) is 0 Å². The van der Waals surface area contributed by atoms with Crippen molar-refractivity contribution in [3.05, 3.63) is 0 Å². The maximum atomic E-state index is 9.76. The van der Waals surface area contributed by atoms with Gasteiger partial charge in [0.2, 0.25) is 0 Å². The van der Waals surface area contributed by atoms with E-state index in [0.717, 1.165) is 6.42 Å². The van der Waals surface area contributed by atoms with E-state index in [-0.39, 0.29) is 25.2 Å². The molecular formula is C4H9O4PV. The molecule has 10 heavy (non-hydrogen) atoms. The molecule has 4 nitrogen and oxygen atoms in total. The molecule has 0 spiro atoms. The zero-order chi connectivity index (χ0) is 7.33. The predicted molar refractivity (Wildman–Crippen MR) is 28.5 cm³/mol. The number of unbranched alkanes of at least 4 members (excludes halogenated alkanes) is 1. The van der Waals surface area contributed by atoms with E-state index < -0.39 is 7.82 Å². The van der Waals surface area contributed by atoms with Gasteiger partial charge in [0.1, 0.15) is 0 Å². The number of hydrogen-bond donors (Lipinski definition) is 0. The van der Waals surface area contributed by atoms with Crippen molar-refractivity contribution in [2.75, 3.05) is 6.61 Å². The molecule has 0 bridgehead atoms. The Labute approximate surface area is 72.1 Å². The minimum Gasteiger partial charge on any atom is -0.790 e. The van der Waals surface area contributed by atoms with E-state index in [1.54, 1.807) is 0 Å². The van der Waals surface area contributed by atoms with Crippen LogP contribution in [0.25, 0.3) is 0 Å². The first kappa shape index (κ1) is 13.3. The quantitative estimate of drug-likeness (QED) is 0.461. The van der Waals surface area contributed by atoms with Gasteiger partial charge in [-0.2, -0.15) is 0 Å². The topological polar surface area (TPSA) is 72.4 Å². The van der Waals surface area contributed by atoms with Crippen LogP contribution >= 0.6 is 7.82 Å². The van der Waals surface area contributed by atoms with Crippen LogP contribution in [0.15, 0.2) is 0 Å². The maximum Gasteiger partial charge on any atom is 2.00 e. The summed E-state index contributed by atoms with van der Waals surface area (Å²) in [6.07, 6.45) is 1.43. The van der Waals surface area contributed by atoms with E-state index in [1.807, 2.05) is 6.92 Å². The molecule has 0 heterocycles. The van der Waals surface area contributed by atoms with Crippen molar-refractivity contribution in [2.24, 2.45) is 0 Å². The van der Waals surface area contributed by atoms with E-state index in [0.29, 0.717) is 6.42 Å². The number of rotatable bonds is 4. The third-order valence-corrected chi connectivity index (χ3v) is 1.25. The molecule has 0 aliphatic carbocycles. The van der Waals surface area contributed by atoms with E-state index in [9.17, 15) is 14.4 Å². The van der Waals surface area contributed by atoms with Crippen LogP contribution in [0.4, 0.5) is 0 Å². The Kier molecular flexibility index (Phi) is 8.52. The Bertz CT molecular complexity index is 112. The van der Waals surface area contributed by atoms with Crippen LogP contribution in [0.5, 0.6) is 0 Å². The van der Waals surface area contributed by atoms with Gasteiger partial charge >= 0.3 is 18.6 Å². The molecule has 0 amide bonds. The van der Waals surface area contributed by atoms with Gasteiger partial charge in [-0.3, -0.25) is 0 Å². The standard InChI is InChI=1S/C4H11O4P.V/c1-2-3-4-8-9(5,6)7;/h2-4H2,1H3,(H2,5,6,7);/q;+2/p-2. The molecule has 0 aliphatic heterocycles. The largest absolute Gasteiger partial charge is 2.00 e. The second kappa shape index (κ2) is 6.41. The van der Waals surface area contributed by atoms with Gasteiger partial charge in [-0.05, 0) is 6.42 Å². The van der Waals surface area contributed by atoms with E-state index in [1.165, 1.54) is 0 Å². The smallest absolute Gasteiger partial charge is 0.790 e. The van der Waals surface area contributed by atoms with E-state index in [2.05, 4.69) is 4.52 Å². The SMILES string of the molecule is CCCCOP(=O)([O-])[O-].[V+2]. The molecule has 0 aromatic rings. The van der Waals surface area contributed by atoms with Gasteiger partial charge in [0.25, 0.3) is 0 Å². The normalized spacial score (nSPS) is 10.7. The molecule has 0 saturated carbocycles. The van der Waals surface area contributed by atoms with Gasteiger partial charge in [-0.25, -0.2) is 0 Å². The van der Waals surface area contributed by atoms with Crippen molar-refractivity contribution in [3.8, 4) is 0 Å². The van der Waals surface area contributed by atoms with E-state index >= 15 is 0 Å². The van der Waals surface area contributed by atoms with Crippen LogP contribution in [0.2, 0.25) is 0 Å². The van der Waals surface area contributed by atoms with Crippen molar-refractivity contribution < 1.29 is 37.4 Å². The van der Waals surface area contributed by atoms with Crippen LogP contribution in [-0.4, -0.2) is 6.61 Å². The minimum atomic E-state index is -4.70. The van der Waals surface area contributed by atoms with Crippen molar-refractivity contribution in [3.63, 3.8) is 0 Å². The summed E-state index contributed by atoms with van der Waals surface area (Å²) in [5.41, 5.74) is 0. The molecule has 0 rings (SSSR count). The van der Waals surface area contributed by atoms with Gasteiger partial charge in [-0.1, -0.05) is 13.3 Å². The van der Waals surface area contributed by atoms with Crippen molar-refractivity contribution in [2.45, 2.75) is 19.8 Å². The first-order chi connectivity index (χ1) is 4.06. The fraction of sp³-hybridized carbons (Fsp3) is 1.00. The second-order valence-corrected chi connectivity index (χ2v) is 2.79. The Morgan fingerprint density at radius 3 is 2.30 bits per heavy atom. The average molecular weight is 203 g/mol. The van der Waals surface area contributed by atoms with Crippen molar-refractivity contribution >= 4 is 7.82 Å². The number of phosphoric acid groups is 1.